The average molecular weight is 178 g/mol. The molecule has 2 heterocycles. The zero-order valence-electron chi connectivity index (χ0n) is 7.84. The fourth-order valence-electron chi connectivity index (χ4n) is 1.56. The summed E-state index contributed by atoms with van der Waals surface area (Å²) in [7, 11) is 0. The predicted octanol–water partition coefficient (Wildman–Crippen LogP) is 1.75. The van der Waals surface area contributed by atoms with Crippen molar-refractivity contribution in [3.05, 3.63) is 23.1 Å². The molecule has 1 N–H and O–H groups in total. The summed E-state index contributed by atoms with van der Waals surface area (Å²) in [5.41, 5.74) is 2.42. The van der Waals surface area contributed by atoms with E-state index in [1.54, 1.807) is 0 Å². The molecule has 13 heavy (non-hydrogen) atoms. The first kappa shape index (κ1) is 8.51. The largest absolute Gasteiger partial charge is 0.361 e. The monoisotopic (exact) mass is 178 g/mol. The fourth-order valence-corrected chi connectivity index (χ4v) is 1.56. The summed E-state index contributed by atoms with van der Waals surface area (Å²) >= 11 is 0. The second-order valence-corrected chi connectivity index (χ2v) is 3.42. The Morgan fingerprint density at radius 3 is 2.85 bits per heavy atom. The van der Waals surface area contributed by atoms with Gasteiger partial charge < -0.3 is 9.84 Å². The molecule has 0 amide bonds. The highest BCUT2D eigenvalue weighted by Crippen LogP contribution is 2.14. The number of hydrogen-bond donors (Lipinski definition) is 1. The van der Waals surface area contributed by atoms with Crippen LogP contribution in [0.4, 0.5) is 0 Å². The van der Waals surface area contributed by atoms with E-state index >= 15 is 0 Å². The van der Waals surface area contributed by atoms with Crippen LogP contribution in [0.5, 0.6) is 0 Å². The van der Waals surface area contributed by atoms with Crippen LogP contribution in [0.25, 0.3) is 6.08 Å². The average Bonchev–Trinajstić information content (AvgIpc) is 2.53. The number of piperidine rings is 1. The highest BCUT2D eigenvalue weighted by atomic mass is 16.5. The van der Waals surface area contributed by atoms with Crippen molar-refractivity contribution >= 4 is 6.08 Å². The number of aromatic nitrogens is 1. The maximum Gasteiger partial charge on any atom is 0.134 e. The SMILES string of the molecule is Cc1cc(C=C2CCNCC2)no1. The Morgan fingerprint density at radius 1 is 1.46 bits per heavy atom. The van der Waals surface area contributed by atoms with Gasteiger partial charge in [0.05, 0.1) is 0 Å². The lowest BCUT2D eigenvalue weighted by atomic mass is 10.0. The van der Waals surface area contributed by atoms with E-state index in [2.05, 4.69) is 16.5 Å². The summed E-state index contributed by atoms with van der Waals surface area (Å²) in [5, 5.41) is 7.26. The molecule has 0 aliphatic carbocycles. The maximum absolute atomic E-state index is 5.00. The summed E-state index contributed by atoms with van der Waals surface area (Å²) in [4.78, 5) is 0. The summed E-state index contributed by atoms with van der Waals surface area (Å²) < 4.78 is 5.00. The number of aryl methyl sites for hydroxylation is 1. The first-order valence-electron chi connectivity index (χ1n) is 4.68. The third-order valence-corrected chi connectivity index (χ3v) is 2.24. The van der Waals surface area contributed by atoms with Crippen molar-refractivity contribution in [1.29, 1.82) is 0 Å². The number of nitrogens with one attached hydrogen (secondary N) is 1. The third kappa shape index (κ3) is 2.18. The van der Waals surface area contributed by atoms with E-state index in [0.29, 0.717) is 0 Å². The van der Waals surface area contributed by atoms with Gasteiger partial charge in [0.25, 0.3) is 0 Å². The lowest BCUT2D eigenvalue weighted by Gasteiger charge is -2.14. The van der Waals surface area contributed by atoms with Crippen LogP contribution < -0.4 is 5.32 Å². The number of rotatable bonds is 1. The van der Waals surface area contributed by atoms with E-state index in [9.17, 15) is 0 Å². The molecule has 70 valence electrons. The molecule has 3 heteroatoms. The highest BCUT2D eigenvalue weighted by molar-refractivity contribution is 5.48. The van der Waals surface area contributed by atoms with Gasteiger partial charge in [-0.2, -0.15) is 0 Å². The van der Waals surface area contributed by atoms with Crippen LogP contribution in [0, 0.1) is 6.92 Å². The molecule has 1 aromatic heterocycles. The van der Waals surface area contributed by atoms with E-state index in [1.807, 2.05) is 13.0 Å². The van der Waals surface area contributed by atoms with Gasteiger partial charge >= 0.3 is 0 Å². The van der Waals surface area contributed by atoms with Crippen LogP contribution in [0.3, 0.4) is 0 Å². The first-order valence-corrected chi connectivity index (χ1v) is 4.68. The minimum absolute atomic E-state index is 0.876. The van der Waals surface area contributed by atoms with Gasteiger partial charge in [-0.15, -0.1) is 0 Å². The van der Waals surface area contributed by atoms with Gasteiger partial charge in [0.2, 0.25) is 0 Å². The Bertz CT molecular complexity index is 306. The van der Waals surface area contributed by atoms with E-state index in [0.717, 1.165) is 37.4 Å². The topological polar surface area (TPSA) is 38.1 Å². The van der Waals surface area contributed by atoms with Crippen molar-refractivity contribution in [2.75, 3.05) is 13.1 Å². The van der Waals surface area contributed by atoms with Gasteiger partial charge in [0.1, 0.15) is 11.5 Å². The molecule has 1 saturated heterocycles. The molecule has 1 aliphatic rings. The van der Waals surface area contributed by atoms with E-state index in [-0.39, 0.29) is 0 Å². The molecular formula is C10H14N2O. The zero-order chi connectivity index (χ0) is 9.10. The summed E-state index contributed by atoms with van der Waals surface area (Å²) in [6.45, 7) is 4.09. The second-order valence-electron chi connectivity index (χ2n) is 3.42. The molecule has 1 fully saturated rings. The van der Waals surface area contributed by atoms with Crippen molar-refractivity contribution in [1.82, 2.24) is 10.5 Å². The summed E-state index contributed by atoms with van der Waals surface area (Å²) in [5.74, 6) is 0.876. The molecule has 1 aromatic rings. The van der Waals surface area contributed by atoms with E-state index in [4.69, 9.17) is 4.52 Å². The van der Waals surface area contributed by atoms with E-state index < -0.39 is 0 Å². The lowest BCUT2D eigenvalue weighted by Crippen LogP contribution is -2.22. The molecule has 0 aromatic carbocycles. The van der Waals surface area contributed by atoms with Crippen LogP contribution in [-0.4, -0.2) is 18.2 Å². The van der Waals surface area contributed by atoms with Gasteiger partial charge in [-0.05, 0) is 38.9 Å². The number of hydrogen-bond acceptors (Lipinski definition) is 3. The Kier molecular flexibility index (Phi) is 2.45. The third-order valence-electron chi connectivity index (χ3n) is 2.24. The predicted molar refractivity (Wildman–Crippen MR) is 51.3 cm³/mol. The minimum Gasteiger partial charge on any atom is -0.361 e. The Labute approximate surface area is 77.8 Å². The van der Waals surface area contributed by atoms with Crippen molar-refractivity contribution in [2.24, 2.45) is 0 Å². The molecule has 0 bridgehead atoms. The highest BCUT2D eigenvalue weighted by Gasteiger charge is 2.05. The van der Waals surface area contributed by atoms with E-state index in [1.165, 1.54) is 5.57 Å². The Hall–Kier alpha value is -1.09. The Morgan fingerprint density at radius 2 is 2.23 bits per heavy atom. The summed E-state index contributed by atoms with van der Waals surface area (Å²) in [6, 6.07) is 1.97. The molecular weight excluding hydrogens is 164 g/mol. The quantitative estimate of drug-likeness (QED) is 0.712. The van der Waals surface area contributed by atoms with Gasteiger partial charge in [-0.1, -0.05) is 10.7 Å². The molecule has 1 aliphatic heterocycles. The summed E-state index contributed by atoms with van der Waals surface area (Å²) in [6.07, 6.45) is 4.40. The Balaban J connectivity index is 2.09. The molecule has 0 spiro atoms. The van der Waals surface area contributed by atoms with Crippen molar-refractivity contribution < 1.29 is 4.52 Å². The maximum atomic E-state index is 5.00. The zero-order valence-corrected chi connectivity index (χ0v) is 7.84. The minimum atomic E-state index is 0.876. The van der Waals surface area contributed by atoms with Gasteiger partial charge in [0, 0.05) is 6.07 Å². The standard InChI is InChI=1S/C10H14N2O/c1-8-6-10(12-13-8)7-9-2-4-11-5-3-9/h6-7,11H,2-5H2,1H3. The van der Waals surface area contributed by atoms with Crippen molar-refractivity contribution in [3.8, 4) is 0 Å². The van der Waals surface area contributed by atoms with Gasteiger partial charge in [-0.25, -0.2) is 0 Å². The molecule has 0 saturated carbocycles. The number of nitrogens with zero attached hydrogens (tertiary/aromatic N) is 1. The first-order chi connectivity index (χ1) is 6.34. The molecule has 0 unspecified atom stereocenters. The van der Waals surface area contributed by atoms with Gasteiger partial charge in [0.15, 0.2) is 0 Å². The van der Waals surface area contributed by atoms with Crippen molar-refractivity contribution in [3.63, 3.8) is 0 Å². The van der Waals surface area contributed by atoms with Crippen LogP contribution in [0.2, 0.25) is 0 Å². The molecule has 0 atom stereocenters. The van der Waals surface area contributed by atoms with Crippen LogP contribution >= 0.6 is 0 Å². The van der Waals surface area contributed by atoms with Crippen LogP contribution in [0.15, 0.2) is 16.2 Å². The molecule has 3 nitrogen and oxygen atoms in total. The van der Waals surface area contributed by atoms with Gasteiger partial charge in [-0.3, -0.25) is 0 Å². The second kappa shape index (κ2) is 3.75. The van der Waals surface area contributed by atoms with Crippen LogP contribution in [-0.2, 0) is 0 Å². The fraction of sp³-hybridized carbons (Fsp3) is 0.500. The molecule has 2 rings (SSSR count). The van der Waals surface area contributed by atoms with Crippen LogP contribution in [0.1, 0.15) is 24.3 Å². The van der Waals surface area contributed by atoms with Crippen molar-refractivity contribution in [2.45, 2.75) is 19.8 Å². The molecule has 0 radical (unpaired) electrons. The smallest absolute Gasteiger partial charge is 0.134 e. The normalized spacial score (nSPS) is 17.5. The lowest BCUT2D eigenvalue weighted by molar-refractivity contribution is 0.396.